The second-order valence-corrected chi connectivity index (χ2v) is 5.62. The Balaban J connectivity index is 2.02. The lowest BCUT2D eigenvalue weighted by Crippen LogP contribution is -2.19. The van der Waals surface area contributed by atoms with Crippen LogP contribution in [-0.2, 0) is 6.54 Å². The van der Waals surface area contributed by atoms with Gasteiger partial charge in [-0.3, -0.25) is 0 Å². The van der Waals surface area contributed by atoms with Gasteiger partial charge in [0.1, 0.15) is 11.6 Å². The summed E-state index contributed by atoms with van der Waals surface area (Å²) in [5.74, 6) is 2.38. The summed E-state index contributed by atoms with van der Waals surface area (Å²) in [6, 6.07) is 8.02. The van der Waals surface area contributed by atoms with E-state index in [9.17, 15) is 0 Å². The van der Waals surface area contributed by atoms with Gasteiger partial charge in [0, 0.05) is 30.9 Å². The molecule has 2 N–H and O–H groups in total. The molecule has 0 bridgehead atoms. The van der Waals surface area contributed by atoms with Crippen LogP contribution in [0.25, 0.3) is 0 Å². The van der Waals surface area contributed by atoms with E-state index in [0.717, 1.165) is 36.7 Å². The Morgan fingerprint density at radius 2 is 1.95 bits per heavy atom. The first-order chi connectivity index (χ1) is 10.1. The minimum atomic E-state index is -0.0445. The van der Waals surface area contributed by atoms with Gasteiger partial charge in [0.15, 0.2) is 0 Å². The summed E-state index contributed by atoms with van der Waals surface area (Å²) in [4.78, 5) is 4.40. The van der Waals surface area contributed by atoms with E-state index in [-0.39, 0.29) is 6.04 Å². The van der Waals surface area contributed by atoms with Gasteiger partial charge >= 0.3 is 0 Å². The van der Waals surface area contributed by atoms with Crippen molar-refractivity contribution >= 4 is 0 Å². The minimum absolute atomic E-state index is 0.0445. The van der Waals surface area contributed by atoms with Crippen LogP contribution in [0.3, 0.4) is 0 Å². The van der Waals surface area contributed by atoms with Gasteiger partial charge in [0.25, 0.3) is 0 Å². The van der Waals surface area contributed by atoms with Crippen LogP contribution in [0.1, 0.15) is 50.5 Å². The molecule has 1 aromatic carbocycles. The monoisotopic (exact) mass is 287 g/mol. The molecule has 2 aromatic rings. The second kappa shape index (κ2) is 7.27. The molecule has 0 saturated carbocycles. The molecule has 114 valence electrons. The lowest BCUT2D eigenvalue weighted by atomic mass is 10.1. The van der Waals surface area contributed by atoms with Gasteiger partial charge in [0.05, 0.1) is 6.61 Å². The molecule has 1 atom stereocenters. The Bertz CT molecular complexity index is 545. The molecule has 0 amide bonds. The topological polar surface area (TPSA) is 53.1 Å². The number of hydrogen-bond donors (Lipinski definition) is 1. The molecular formula is C17H25N3O. The number of nitrogens with zero attached hydrogens (tertiary/aromatic N) is 2. The Morgan fingerprint density at radius 3 is 2.57 bits per heavy atom. The third-order valence-corrected chi connectivity index (χ3v) is 3.44. The predicted molar refractivity (Wildman–Crippen MR) is 85.5 cm³/mol. The molecule has 0 aliphatic rings. The maximum absolute atomic E-state index is 6.32. The molecule has 1 heterocycles. The molecule has 4 nitrogen and oxygen atoms in total. The Hall–Kier alpha value is -1.81. The highest BCUT2D eigenvalue weighted by atomic mass is 16.5. The zero-order valence-corrected chi connectivity index (χ0v) is 13.1. The highest BCUT2D eigenvalue weighted by Gasteiger charge is 2.12. The molecule has 1 aromatic heterocycles. The van der Waals surface area contributed by atoms with E-state index < -0.39 is 0 Å². The average Bonchev–Trinajstić information content (AvgIpc) is 2.94. The normalized spacial score (nSPS) is 12.6. The van der Waals surface area contributed by atoms with Gasteiger partial charge in [-0.25, -0.2) is 4.98 Å². The van der Waals surface area contributed by atoms with E-state index >= 15 is 0 Å². The minimum Gasteiger partial charge on any atom is -0.494 e. The first kappa shape index (κ1) is 15.6. The molecule has 21 heavy (non-hydrogen) atoms. The molecule has 0 fully saturated rings. The second-order valence-electron chi connectivity index (χ2n) is 5.62. The molecule has 0 aliphatic carbocycles. The number of imidazole rings is 1. The molecule has 0 saturated heterocycles. The van der Waals surface area contributed by atoms with Gasteiger partial charge in [-0.1, -0.05) is 32.9 Å². The van der Waals surface area contributed by atoms with Crippen molar-refractivity contribution in [2.75, 3.05) is 6.61 Å². The van der Waals surface area contributed by atoms with Crippen LogP contribution in [-0.4, -0.2) is 16.2 Å². The van der Waals surface area contributed by atoms with Crippen molar-refractivity contribution < 1.29 is 4.74 Å². The molecule has 1 unspecified atom stereocenters. The zero-order valence-electron chi connectivity index (χ0n) is 13.1. The van der Waals surface area contributed by atoms with Gasteiger partial charge in [-0.05, 0) is 24.1 Å². The van der Waals surface area contributed by atoms with E-state index in [2.05, 4.69) is 30.3 Å². The van der Waals surface area contributed by atoms with E-state index in [1.165, 1.54) is 0 Å². The SMILES string of the molecule is CCCOc1ccc(C(N)Cn2ccnc2C(C)C)cc1. The van der Waals surface area contributed by atoms with Gasteiger partial charge in [-0.15, -0.1) is 0 Å². The number of rotatable bonds is 7. The molecule has 2 rings (SSSR count). The van der Waals surface area contributed by atoms with Crippen molar-refractivity contribution in [2.45, 2.75) is 45.7 Å². The van der Waals surface area contributed by atoms with Gasteiger partial charge in [0.2, 0.25) is 0 Å². The summed E-state index contributed by atoms with van der Waals surface area (Å²) in [5, 5.41) is 0. The summed E-state index contributed by atoms with van der Waals surface area (Å²) < 4.78 is 7.73. The van der Waals surface area contributed by atoms with Gasteiger partial charge in [-0.2, -0.15) is 0 Å². The summed E-state index contributed by atoms with van der Waals surface area (Å²) in [5.41, 5.74) is 7.43. The van der Waals surface area contributed by atoms with Crippen LogP contribution in [0.5, 0.6) is 5.75 Å². The van der Waals surface area contributed by atoms with Crippen molar-refractivity contribution in [3.05, 3.63) is 48.0 Å². The zero-order chi connectivity index (χ0) is 15.2. The fourth-order valence-corrected chi connectivity index (χ4v) is 2.32. The number of aromatic nitrogens is 2. The summed E-state index contributed by atoms with van der Waals surface area (Å²) in [6.07, 6.45) is 4.84. The third kappa shape index (κ3) is 4.08. The van der Waals surface area contributed by atoms with Crippen molar-refractivity contribution in [3.8, 4) is 5.75 Å². The first-order valence-corrected chi connectivity index (χ1v) is 7.61. The van der Waals surface area contributed by atoms with Crippen LogP contribution in [0.4, 0.5) is 0 Å². The summed E-state index contributed by atoms with van der Waals surface area (Å²) >= 11 is 0. The summed E-state index contributed by atoms with van der Waals surface area (Å²) in [7, 11) is 0. The standard InChI is InChI=1S/C17H25N3O/c1-4-11-21-15-7-5-14(6-8-15)16(18)12-20-10-9-19-17(20)13(2)3/h5-10,13,16H,4,11-12,18H2,1-3H3. The number of hydrogen-bond acceptors (Lipinski definition) is 3. The van der Waals surface area contributed by atoms with Crippen molar-refractivity contribution in [1.29, 1.82) is 0 Å². The van der Waals surface area contributed by atoms with Crippen molar-refractivity contribution in [3.63, 3.8) is 0 Å². The van der Waals surface area contributed by atoms with Crippen LogP contribution in [0.15, 0.2) is 36.7 Å². The Morgan fingerprint density at radius 1 is 1.24 bits per heavy atom. The molecule has 0 aliphatic heterocycles. The van der Waals surface area contributed by atoms with Gasteiger partial charge < -0.3 is 15.0 Å². The van der Waals surface area contributed by atoms with E-state index in [1.54, 1.807) is 0 Å². The lowest BCUT2D eigenvalue weighted by molar-refractivity contribution is 0.317. The molecular weight excluding hydrogens is 262 g/mol. The fraction of sp³-hybridized carbons (Fsp3) is 0.471. The number of nitrogens with two attached hydrogens (primary N) is 1. The predicted octanol–water partition coefficient (Wildman–Crippen LogP) is 3.50. The van der Waals surface area contributed by atoms with E-state index in [1.807, 2.05) is 36.7 Å². The smallest absolute Gasteiger partial charge is 0.119 e. The van der Waals surface area contributed by atoms with Crippen LogP contribution in [0.2, 0.25) is 0 Å². The molecule has 0 radical (unpaired) electrons. The highest BCUT2D eigenvalue weighted by molar-refractivity contribution is 5.29. The Kier molecular flexibility index (Phi) is 5.39. The highest BCUT2D eigenvalue weighted by Crippen LogP contribution is 2.20. The van der Waals surface area contributed by atoms with Crippen LogP contribution >= 0.6 is 0 Å². The fourth-order valence-electron chi connectivity index (χ4n) is 2.32. The maximum atomic E-state index is 6.32. The number of ether oxygens (including phenoxy) is 1. The van der Waals surface area contributed by atoms with Crippen molar-refractivity contribution in [2.24, 2.45) is 5.73 Å². The maximum Gasteiger partial charge on any atom is 0.119 e. The van der Waals surface area contributed by atoms with Crippen LogP contribution in [0, 0.1) is 0 Å². The quantitative estimate of drug-likeness (QED) is 0.848. The molecule has 0 spiro atoms. The van der Waals surface area contributed by atoms with Crippen molar-refractivity contribution in [1.82, 2.24) is 9.55 Å². The summed E-state index contributed by atoms with van der Waals surface area (Å²) in [6.45, 7) is 7.87. The largest absolute Gasteiger partial charge is 0.494 e. The first-order valence-electron chi connectivity index (χ1n) is 7.61. The van der Waals surface area contributed by atoms with E-state index in [4.69, 9.17) is 10.5 Å². The van der Waals surface area contributed by atoms with E-state index in [0.29, 0.717) is 5.92 Å². The Labute approximate surface area is 127 Å². The number of benzene rings is 1. The lowest BCUT2D eigenvalue weighted by Gasteiger charge is -2.16. The average molecular weight is 287 g/mol. The molecule has 4 heteroatoms. The third-order valence-electron chi connectivity index (χ3n) is 3.44. The van der Waals surface area contributed by atoms with Crippen LogP contribution < -0.4 is 10.5 Å².